The van der Waals surface area contributed by atoms with E-state index in [0.29, 0.717) is 0 Å². The van der Waals surface area contributed by atoms with Crippen molar-refractivity contribution in [3.05, 3.63) is 49.6 Å². The first-order valence-electron chi connectivity index (χ1n) is 10.6. The molecule has 0 atom stereocenters. The Morgan fingerprint density at radius 1 is 0.600 bits per heavy atom. The molecule has 25 heavy (non-hydrogen) atoms. The van der Waals surface area contributed by atoms with Crippen LogP contribution in [0.2, 0.25) is 0 Å². The minimum atomic E-state index is 1.09. The van der Waals surface area contributed by atoms with Gasteiger partial charge in [0.15, 0.2) is 0 Å². The van der Waals surface area contributed by atoms with Gasteiger partial charge in [0.1, 0.15) is 0 Å². The van der Waals surface area contributed by atoms with Gasteiger partial charge < -0.3 is 0 Å². The normalized spacial score (nSPS) is 11.8. The summed E-state index contributed by atoms with van der Waals surface area (Å²) in [4.78, 5) is 2.56. The second-order valence-corrected chi connectivity index (χ2v) is 6.91. The summed E-state index contributed by atoms with van der Waals surface area (Å²) in [5.41, 5.74) is 0. The summed E-state index contributed by atoms with van der Waals surface area (Å²) in [5.74, 6) is 0. The van der Waals surface area contributed by atoms with E-state index in [4.69, 9.17) is 0 Å². The van der Waals surface area contributed by atoms with Crippen molar-refractivity contribution in [2.45, 2.75) is 84.0 Å². The molecular weight excluding hydrogens is 302 g/mol. The van der Waals surface area contributed by atoms with E-state index in [9.17, 15) is 0 Å². The Morgan fingerprint density at radius 2 is 1.08 bits per heavy atom. The lowest BCUT2D eigenvalue weighted by Crippen LogP contribution is -2.25. The summed E-state index contributed by atoms with van der Waals surface area (Å²) in [6.45, 7) is 13.2. The van der Waals surface area contributed by atoms with Crippen molar-refractivity contribution < 1.29 is 0 Å². The number of hydrogen-bond acceptors (Lipinski definition) is 1. The van der Waals surface area contributed by atoms with Crippen molar-refractivity contribution in [3.63, 3.8) is 0 Å². The SMILES string of the molecule is C=CCCCCCC=CCN(CC=CCCCCCC=C)CCCC. The molecule has 0 spiro atoms. The third kappa shape index (κ3) is 19.1. The highest BCUT2D eigenvalue weighted by Gasteiger charge is 1.99. The zero-order valence-corrected chi connectivity index (χ0v) is 16.9. The van der Waals surface area contributed by atoms with Crippen LogP contribution in [0.1, 0.15) is 84.0 Å². The topological polar surface area (TPSA) is 3.24 Å². The number of nitrogens with zero attached hydrogens (tertiary/aromatic N) is 1. The van der Waals surface area contributed by atoms with Crippen LogP contribution in [0.5, 0.6) is 0 Å². The van der Waals surface area contributed by atoms with Gasteiger partial charge in [-0.25, -0.2) is 0 Å². The number of rotatable bonds is 19. The van der Waals surface area contributed by atoms with Crippen LogP contribution in [-0.2, 0) is 0 Å². The van der Waals surface area contributed by atoms with Gasteiger partial charge in [-0.05, 0) is 64.3 Å². The first-order chi connectivity index (χ1) is 12.3. The predicted octanol–water partition coefficient (Wildman–Crippen LogP) is 7.47. The molecule has 0 radical (unpaired) electrons. The molecule has 0 aliphatic rings. The van der Waals surface area contributed by atoms with Crippen molar-refractivity contribution in [1.29, 1.82) is 0 Å². The predicted molar refractivity (Wildman–Crippen MR) is 116 cm³/mol. The fourth-order valence-electron chi connectivity index (χ4n) is 2.78. The van der Waals surface area contributed by atoms with Crippen molar-refractivity contribution in [2.75, 3.05) is 19.6 Å². The van der Waals surface area contributed by atoms with Gasteiger partial charge in [0.2, 0.25) is 0 Å². The molecule has 0 amide bonds. The molecule has 0 rings (SSSR count). The molecule has 144 valence electrons. The summed E-state index contributed by atoms with van der Waals surface area (Å²) in [6.07, 6.45) is 28.7. The maximum Gasteiger partial charge on any atom is 0.0166 e. The quantitative estimate of drug-likeness (QED) is 0.173. The highest BCUT2D eigenvalue weighted by Crippen LogP contribution is 2.05. The standard InChI is InChI=1S/C24H43N/c1-4-7-10-12-14-16-18-20-23-25(22-9-6-3)24-21-19-17-15-13-11-8-5-2/h4-5,18-21H,1-2,6-17,22-24H2,3H3. The first kappa shape index (κ1) is 23.9. The first-order valence-corrected chi connectivity index (χ1v) is 10.6. The van der Waals surface area contributed by atoms with Crippen LogP contribution in [-0.4, -0.2) is 24.5 Å². The summed E-state index contributed by atoms with van der Waals surface area (Å²) in [7, 11) is 0. The van der Waals surface area contributed by atoms with E-state index in [1.54, 1.807) is 0 Å². The Balaban J connectivity index is 3.82. The van der Waals surface area contributed by atoms with Crippen molar-refractivity contribution in [3.8, 4) is 0 Å². The lowest BCUT2D eigenvalue weighted by molar-refractivity contribution is 0.328. The lowest BCUT2D eigenvalue weighted by atomic mass is 10.1. The molecule has 0 fully saturated rings. The van der Waals surface area contributed by atoms with Gasteiger partial charge in [-0.15, -0.1) is 13.2 Å². The molecule has 0 N–H and O–H groups in total. The Hall–Kier alpha value is -1.08. The van der Waals surface area contributed by atoms with Crippen LogP contribution in [0, 0.1) is 0 Å². The summed E-state index contributed by atoms with van der Waals surface area (Å²) >= 11 is 0. The highest BCUT2D eigenvalue weighted by atomic mass is 15.1. The number of unbranched alkanes of at least 4 members (excludes halogenated alkanes) is 9. The Labute approximate surface area is 158 Å². The third-order valence-electron chi connectivity index (χ3n) is 4.45. The van der Waals surface area contributed by atoms with E-state index in [2.05, 4.69) is 49.3 Å². The second-order valence-electron chi connectivity index (χ2n) is 6.91. The van der Waals surface area contributed by atoms with E-state index in [-0.39, 0.29) is 0 Å². The van der Waals surface area contributed by atoms with E-state index >= 15 is 0 Å². The average molecular weight is 346 g/mol. The minimum absolute atomic E-state index is 1.09. The van der Waals surface area contributed by atoms with Gasteiger partial charge in [0.25, 0.3) is 0 Å². The molecule has 0 aromatic rings. The average Bonchev–Trinajstić information content (AvgIpc) is 2.63. The molecule has 0 aromatic heterocycles. The van der Waals surface area contributed by atoms with Gasteiger partial charge in [-0.2, -0.15) is 0 Å². The molecular formula is C24H43N. The fraction of sp³-hybridized carbons (Fsp3) is 0.667. The monoisotopic (exact) mass is 345 g/mol. The van der Waals surface area contributed by atoms with Crippen molar-refractivity contribution in [2.24, 2.45) is 0 Å². The number of allylic oxidation sites excluding steroid dienone is 4. The molecule has 0 bridgehead atoms. The van der Waals surface area contributed by atoms with Crippen LogP contribution in [0.25, 0.3) is 0 Å². The van der Waals surface area contributed by atoms with E-state index in [1.807, 2.05) is 12.2 Å². The van der Waals surface area contributed by atoms with Crippen molar-refractivity contribution >= 4 is 0 Å². The second kappa shape index (κ2) is 21.0. The van der Waals surface area contributed by atoms with Gasteiger partial charge >= 0.3 is 0 Å². The molecule has 0 aromatic carbocycles. The summed E-state index contributed by atoms with van der Waals surface area (Å²) in [6, 6.07) is 0. The fourth-order valence-corrected chi connectivity index (χ4v) is 2.78. The molecule has 0 aliphatic heterocycles. The van der Waals surface area contributed by atoms with Crippen molar-refractivity contribution in [1.82, 2.24) is 4.90 Å². The Morgan fingerprint density at radius 3 is 1.52 bits per heavy atom. The van der Waals surface area contributed by atoms with Gasteiger partial charge in [-0.3, -0.25) is 4.90 Å². The van der Waals surface area contributed by atoms with E-state index in [0.717, 1.165) is 25.9 Å². The highest BCUT2D eigenvalue weighted by molar-refractivity contribution is 4.90. The largest absolute Gasteiger partial charge is 0.296 e. The molecule has 1 nitrogen and oxygen atoms in total. The maximum absolute atomic E-state index is 3.78. The summed E-state index contributed by atoms with van der Waals surface area (Å²) < 4.78 is 0. The third-order valence-corrected chi connectivity index (χ3v) is 4.45. The molecule has 1 heteroatoms. The Bertz CT molecular complexity index is 310. The minimum Gasteiger partial charge on any atom is -0.296 e. The van der Waals surface area contributed by atoms with Crippen LogP contribution < -0.4 is 0 Å². The molecule has 0 heterocycles. The van der Waals surface area contributed by atoms with Crippen LogP contribution >= 0.6 is 0 Å². The molecule has 0 saturated heterocycles. The lowest BCUT2D eigenvalue weighted by Gasteiger charge is -2.18. The zero-order chi connectivity index (χ0) is 18.4. The van der Waals surface area contributed by atoms with Crippen LogP contribution in [0.4, 0.5) is 0 Å². The Kier molecular flexibility index (Phi) is 20.1. The maximum atomic E-state index is 3.78. The van der Waals surface area contributed by atoms with Crippen LogP contribution in [0.3, 0.4) is 0 Å². The molecule has 0 unspecified atom stereocenters. The van der Waals surface area contributed by atoms with Gasteiger partial charge in [0.05, 0.1) is 0 Å². The summed E-state index contributed by atoms with van der Waals surface area (Å²) in [5, 5.41) is 0. The van der Waals surface area contributed by atoms with Gasteiger partial charge in [-0.1, -0.05) is 62.6 Å². The van der Waals surface area contributed by atoms with E-state index in [1.165, 1.54) is 70.8 Å². The smallest absolute Gasteiger partial charge is 0.0166 e. The van der Waals surface area contributed by atoms with Gasteiger partial charge in [0, 0.05) is 13.1 Å². The molecule has 0 aliphatic carbocycles. The zero-order valence-electron chi connectivity index (χ0n) is 16.9. The molecule has 0 saturated carbocycles. The van der Waals surface area contributed by atoms with E-state index < -0.39 is 0 Å². The van der Waals surface area contributed by atoms with Crippen LogP contribution in [0.15, 0.2) is 49.6 Å². The number of hydrogen-bond donors (Lipinski definition) is 0.